The first kappa shape index (κ1) is 16.3. The molecular weight excluding hydrogens is 284 g/mol. The molecule has 0 unspecified atom stereocenters. The van der Waals surface area contributed by atoms with Crippen LogP contribution in [0.5, 0.6) is 0 Å². The predicted molar refractivity (Wildman–Crippen MR) is 97.2 cm³/mol. The first-order chi connectivity index (χ1) is 10.8. The highest BCUT2D eigenvalue weighted by molar-refractivity contribution is 7.08. The van der Waals surface area contributed by atoms with Gasteiger partial charge in [-0.2, -0.15) is 0 Å². The molecule has 22 heavy (non-hydrogen) atoms. The van der Waals surface area contributed by atoms with Crippen molar-refractivity contribution < 1.29 is 4.74 Å². The molecule has 0 radical (unpaired) electrons. The Hall–Kier alpha value is -2.08. The maximum absolute atomic E-state index is 5.14. The van der Waals surface area contributed by atoms with E-state index >= 15 is 0 Å². The van der Waals surface area contributed by atoms with Gasteiger partial charge < -0.3 is 4.74 Å². The predicted octanol–water partition coefficient (Wildman–Crippen LogP) is 3.01. The summed E-state index contributed by atoms with van der Waals surface area (Å²) >= 11 is 0. The average molecular weight is 306 g/mol. The van der Waals surface area contributed by atoms with Crippen LogP contribution in [0.1, 0.15) is 6.92 Å². The monoisotopic (exact) mass is 306 g/mol. The number of rotatable bonds is 5. The van der Waals surface area contributed by atoms with E-state index in [1.807, 2.05) is 0 Å². The Morgan fingerprint density at radius 3 is 1.95 bits per heavy atom. The molecule has 0 fully saturated rings. The number of hydrogen-bond donors (Lipinski definition) is 0. The second-order valence-electron chi connectivity index (χ2n) is 5.15. The summed E-state index contributed by atoms with van der Waals surface area (Å²) in [6.07, 6.45) is 4.36. The van der Waals surface area contributed by atoms with Gasteiger partial charge in [0.15, 0.2) is 0 Å². The van der Waals surface area contributed by atoms with Crippen LogP contribution in [-0.2, 0) is 4.74 Å². The zero-order valence-corrected chi connectivity index (χ0v) is 14.3. The van der Waals surface area contributed by atoms with E-state index in [1.54, 1.807) is 7.11 Å². The SMILES string of the molecule is C/C=C/C[Si](C#CCOC)(c1ccccc1)c1ccccc1. The van der Waals surface area contributed by atoms with Crippen molar-refractivity contribution >= 4 is 18.4 Å². The zero-order chi connectivity index (χ0) is 15.7. The minimum atomic E-state index is -2.13. The van der Waals surface area contributed by atoms with E-state index in [9.17, 15) is 0 Å². The van der Waals surface area contributed by atoms with Crippen LogP contribution >= 0.6 is 0 Å². The lowest BCUT2D eigenvalue weighted by Crippen LogP contribution is -2.57. The molecule has 112 valence electrons. The Morgan fingerprint density at radius 1 is 0.955 bits per heavy atom. The van der Waals surface area contributed by atoms with Crippen molar-refractivity contribution in [2.75, 3.05) is 13.7 Å². The molecule has 0 atom stereocenters. The van der Waals surface area contributed by atoms with Gasteiger partial charge in [0.1, 0.15) is 6.61 Å². The molecule has 0 spiro atoms. The number of allylic oxidation sites excluding steroid dienone is 2. The molecule has 2 aromatic rings. The van der Waals surface area contributed by atoms with Gasteiger partial charge >= 0.3 is 0 Å². The van der Waals surface area contributed by atoms with Crippen molar-refractivity contribution in [3.05, 3.63) is 72.8 Å². The molecule has 0 aliphatic rings. The lowest BCUT2D eigenvalue weighted by atomic mass is 10.4. The minimum Gasteiger partial charge on any atom is -0.372 e. The molecule has 0 aromatic heterocycles. The van der Waals surface area contributed by atoms with Crippen LogP contribution in [0.3, 0.4) is 0 Å². The van der Waals surface area contributed by atoms with Crippen LogP contribution in [-0.4, -0.2) is 21.8 Å². The highest BCUT2D eigenvalue weighted by Crippen LogP contribution is 2.12. The molecule has 0 amide bonds. The average Bonchev–Trinajstić information content (AvgIpc) is 2.60. The summed E-state index contributed by atoms with van der Waals surface area (Å²) < 4.78 is 5.14. The quantitative estimate of drug-likeness (QED) is 0.469. The first-order valence-corrected chi connectivity index (χ1v) is 9.75. The fourth-order valence-corrected chi connectivity index (χ4v) is 6.28. The van der Waals surface area contributed by atoms with Gasteiger partial charge in [0, 0.05) is 7.11 Å². The van der Waals surface area contributed by atoms with E-state index in [4.69, 9.17) is 4.74 Å². The van der Waals surface area contributed by atoms with Crippen LogP contribution in [0.2, 0.25) is 6.04 Å². The summed E-state index contributed by atoms with van der Waals surface area (Å²) in [5.41, 5.74) is 3.61. The van der Waals surface area contributed by atoms with Gasteiger partial charge in [0.2, 0.25) is 8.07 Å². The molecule has 2 rings (SSSR count). The normalized spacial score (nSPS) is 11.2. The molecule has 2 heteroatoms. The number of ether oxygens (including phenoxy) is 1. The van der Waals surface area contributed by atoms with E-state index < -0.39 is 8.07 Å². The van der Waals surface area contributed by atoms with Crippen molar-refractivity contribution in [3.63, 3.8) is 0 Å². The summed E-state index contributed by atoms with van der Waals surface area (Å²) in [5, 5.41) is 2.70. The second kappa shape index (κ2) is 8.38. The van der Waals surface area contributed by atoms with Crippen molar-refractivity contribution in [3.8, 4) is 11.5 Å². The summed E-state index contributed by atoms with van der Waals surface area (Å²) in [6.45, 7) is 2.54. The molecule has 0 aliphatic carbocycles. The molecular formula is C20H22OSi. The molecule has 0 heterocycles. The molecule has 0 aliphatic heterocycles. The van der Waals surface area contributed by atoms with Crippen molar-refractivity contribution in [2.45, 2.75) is 13.0 Å². The Morgan fingerprint density at radius 2 is 1.50 bits per heavy atom. The largest absolute Gasteiger partial charge is 0.372 e. The number of hydrogen-bond acceptors (Lipinski definition) is 1. The Bertz CT molecular complexity index is 611. The Kier molecular flexibility index (Phi) is 6.21. The summed E-state index contributed by atoms with van der Waals surface area (Å²) in [5.74, 6) is 3.24. The highest BCUT2D eigenvalue weighted by Gasteiger charge is 2.34. The number of methoxy groups -OCH3 is 1. The van der Waals surface area contributed by atoms with Gasteiger partial charge in [0.05, 0.1) is 0 Å². The summed E-state index contributed by atoms with van der Waals surface area (Å²) in [4.78, 5) is 0. The van der Waals surface area contributed by atoms with Gasteiger partial charge in [-0.1, -0.05) is 78.7 Å². The fraction of sp³-hybridized carbons (Fsp3) is 0.200. The van der Waals surface area contributed by atoms with Crippen molar-refractivity contribution in [1.29, 1.82) is 0 Å². The van der Waals surface area contributed by atoms with Crippen LogP contribution in [0.15, 0.2) is 72.8 Å². The molecule has 0 N–H and O–H groups in total. The maximum atomic E-state index is 5.14. The van der Waals surface area contributed by atoms with Crippen LogP contribution in [0, 0.1) is 11.5 Å². The van der Waals surface area contributed by atoms with Gasteiger partial charge in [-0.05, 0) is 23.3 Å². The smallest absolute Gasteiger partial charge is 0.202 e. The summed E-state index contributed by atoms with van der Waals surface area (Å²) in [6, 6.07) is 22.4. The maximum Gasteiger partial charge on any atom is 0.202 e. The van der Waals surface area contributed by atoms with Crippen molar-refractivity contribution in [1.82, 2.24) is 0 Å². The van der Waals surface area contributed by atoms with Gasteiger partial charge in [-0.25, -0.2) is 0 Å². The van der Waals surface area contributed by atoms with E-state index in [0.29, 0.717) is 6.61 Å². The van der Waals surface area contributed by atoms with Gasteiger partial charge in [-0.15, -0.1) is 5.54 Å². The third kappa shape index (κ3) is 3.76. The zero-order valence-electron chi connectivity index (χ0n) is 13.3. The summed E-state index contributed by atoms with van der Waals surface area (Å²) in [7, 11) is -0.444. The Labute approximate surface area is 134 Å². The Balaban J connectivity index is 2.61. The molecule has 2 aromatic carbocycles. The van der Waals surface area contributed by atoms with Crippen LogP contribution < -0.4 is 10.4 Å². The standard InChI is InChI=1S/C20H22OSi/c1-3-4-17-22(18-11-16-21-2,19-12-7-5-8-13-19)20-14-9-6-10-15-20/h3-10,12-15H,16-17H2,1-2H3/b4-3+. The lowest BCUT2D eigenvalue weighted by Gasteiger charge is -2.26. The van der Waals surface area contributed by atoms with Crippen molar-refractivity contribution in [2.24, 2.45) is 0 Å². The van der Waals surface area contributed by atoms with E-state index in [2.05, 4.69) is 91.2 Å². The topological polar surface area (TPSA) is 9.23 Å². The molecule has 0 saturated heterocycles. The highest BCUT2D eigenvalue weighted by atomic mass is 28.3. The van der Waals surface area contributed by atoms with Crippen LogP contribution in [0.25, 0.3) is 0 Å². The first-order valence-electron chi connectivity index (χ1n) is 7.54. The minimum absolute atomic E-state index is 0.476. The third-order valence-corrected chi connectivity index (χ3v) is 7.80. The third-order valence-electron chi connectivity index (χ3n) is 3.71. The van der Waals surface area contributed by atoms with Gasteiger partial charge in [0.25, 0.3) is 0 Å². The fourth-order valence-electron chi connectivity index (χ4n) is 2.60. The van der Waals surface area contributed by atoms with Crippen LogP contribution in [0.4, 0.5) is 0 Å². The second-order valence-corrected chi connectivity index (χ2v) is 8.77. The van der Waals surface area contributed by atoms with Gasteiger partial charge in [-0.3, -0.25) is 0 Å². The molecule has 1 nitrogen and oxygen atoms in total. The molecule has 0 bridgehead atoms. The molecule has 0 saturated carbocycles. The number of benzene rings is 2. The lowest BCUT2D eigenvalue weighted by molar-refractivity contribution is 0.240. The van der Waals surface area contributed by atoms with E-state index in [1.165, 1.54) is 10.4 Å². The van der Waals surface area contributed by atoms with E-state index in [-0.39, 0.29) is 0 Å². The van der Waals surface area contributed by atoms with E-state index in [0.717, 1.165) is 6.04 Å².